The second kappa shape index (κ2) is 4.59. The number of ether oxygens (including phenoxy) is 1. The highest BCUT2D eigenvalue weighted by Crippen LogP contribution is 2.13. The smallest absolute Gasteiger partial charge is 0.270 e. The summed E-state index contributed by atoms with van der Waals surface area (Å²) >= 11 is 5.37. The molecule has 1 aromatic rings. The fourth-order valence-electron chi connectivity index (χ4n) is 1.50. The minimum atomic E-state index is -0.523. The molecule has 1 saturated heterocycles. The Balaban J connectivity index is 2.19. The summed E-state index contributed by atoms with van der Waals surface area (Å²) in [5.41, 5.74) is 0.292. The molecule has 0 radical (unpaired) electrons. The van der Waals surface area contributed by atoms with Gasteiger partial charge in [-0.05, 0) is 23.7 Å². The Bertz CT molecular complexity index is 364. The fraction of sp³-hybridized carbons (Fsp3) is 0.400. The van der Waals surface area contributed by atoms with E-state index in [2.05, 4.69) is 9.88 Å². The van der Waals surface area contributed by atoms with Crippen LogP contribution in [0.25, 0.3) is 0 Å². The van der Waals surface area contributed by atoms with E-state index in [1.165, 1.54) is 0 Å². The largest absolute Gasteiger partial charge is 0.378 e. The van der Waals surface area contributed by atoms with Gasteiger partial charge in [0, 0.05) is 13.1 Å². The predicted molar refractivity (Wildman–Crippen MR) is 57.5 cm³/mol. The second-order valence-electron chi connectivity index (χ2n) is 3.25. The van der Waals surface area contributed by atoms with Crippen molar-refractivity contribution < 1.29 is 9.53 Å². The van der Waals surface area contributed by atoms with Crippen molar-refractivity contribution in [3.8, 4) is 0 Å². The van der Waals surface area contributed by atoms with Crippen LogP contribution in [-0.2, 0) is 4.74 Å². The Hall–Kier alpha value is -1.13. The molecule has 0 N–H and O–H groups in total. The van der Waals surface area contributed by atoms with E-state index in [0.29, 0.717) is 18.9 Å². The van der Waals surface area contributed by atoms with Crippen molar-refractivity contribution in [3.63, 3.8) is 0 Å². The van der Waals surface area contributed by atoms with Crippen molar-refractivity contribution in [1.82, 2.24) is 4.98 Å². The van der Waals surface area contributed by atoms with Gasteiger partial charge in [-0.25, -0.2) is 4.98 Å². The molecule has 15 heavy (non-hydrogen) atoms. The molecular weight excluding hydrogens is 216 g/mol. The van der Waals surface area contributed by atoms with Gasteiger partial charge in [0.25, 0.3) is 5.24 Å². The molecule has 80 valence electrons. The molecule has 0 aromatic carbocycles. The van der Waals surface area contributed by atoms with Gasteiger partial charge < -0.3 is 9.64 Å². The van der Waals surface area contributed by atoms with Gasteiger partial charge in [-0.3, -0.25) is 4.79 Å². The van der Waals surface area contributed by atoms with E-state index in [9.17, 15) is 4.79 Å². The molecule has 0 amide bonds. The highest BCUT2D eigenvalue weighted by molar-refractivity contribution is 6.67. The lowest BCUT2D eigenvalue weighted by Crippen LogP contribution is -2.36. The molecule has 0 unspecified atom stereocenters. The molecule has 1 fully saturated rings. The predicted octanol–water partition coefficient (Wildman–Crippen LogP) is 1.30. The molecule has 1 aromatic heterocycles. The van der Waals surface area contributed by atoms with E-state index < -0.39 is 5.24 Å². The summed E-state index contributed by atoms with van der Waals surface area (Å²) < 4.78 is 5.24. The first-order valence-electron chi connectivity index (χ1n) is 4.77. The summed E-state index contributed by atoms with van der Waals surface area (Å²) in [4.78, 5) is 17.2. The van der Waals surface area contributed by atoms with Crippen molar-refractivity contribution in [3.05, 3.63) is 23.9 Å². The van der Waals surface area contributed by atoms with Crippen LogP contribution in [0.2, 0.25) is 0 Å². The Kier molecular flexibility index (Phi) is 3.18. The van der Waals surface area contributed by atoms with Crippen LogP contribution in [0.5, 0.6) is 0 Å². The summed E-state index contributed by atoms with van der Waals surface area (Å²) in [7, 11) is 0. The number of morpholine rings is 1. The standard InChI is InChI=1S/C10H11ClN2O2/c11-10(14)8-2-1-3-9(12-8)13-4-6-15-7-5-13/h1-3H,4-7H2. The van der Waals surface area contributed by atoms with E-state index >= 15 is 0 Å². The molecule has 2 heterocycles. The molecule has 0 spiro atoms. The maximum absolute atomic E-state index is 10.9. The Labute approximate surface area is 92.8 Å². The number of anilines is 1. The van der Waals surface area contributed by atoms with Gasteiger partial charge in [0.15, 0.2) is 0 Å². The van der Waals surface area contributed by atoms with Crippen molar-refractivity contribution in [2.24, 2.45) is 0 Å². The highest BCUT2D eigenvalue weighted by Gasteiger charge is 2.13. The lowest BCUT2D eigenvalue weighted by Gasteiger charge is -2.27. The van der Waals surface area contributed by atoms with Crippen LogP contribution in [0, 0.1) is 0 Å². The number of halogens is 1. The number of nitrogens with zero attached hydrogens (tertiary/aromatic N) is 2. The van der Waals surface area contributed by atoms with Gasteiger partial charge in [0.2, 0.25) is 0 Å². The number of hydrogen-bond acceptors (Lipinski definition) is 4. The number of pyridine rings is 1. The minimum absolute atomic E-state index is 0.292. The summed E-state index contributed by atoms with van der Waals surface area (Å²) in [6.07, 6.45) is 0. The number of aromatic nitrogens is 1. The van der Waals surface area contributed by atoms with Crippen molar-refractivity contribution in [2.75, 3.05) is 31.2 Å². The quantitative estimate of drug-likeness (QED) is 0.713. The number of rotatable bonds is 2. The van der Waals surface area contributed by atoms with Gasteiger partial charge in [-0.1, -0.05) is 6.07 Å². The van der Waals surface area contributed by atoms with Gasteiger partial charge in [-0.15, -0.1) is 0 Å². The lowest BCUT2D eigenvalue weighted by molar-refractivity contribution is 0.107. The topological polar surface area (TPSA) is 42.4 Å². The monoisotopic (exact) mass is 226 g/mol. The van der Waals surface area contributed by atoms with E-state index in [4.69, 9.17) is 16.3 Å². The maximum atomic E-state index is 10.9. The molecule has 0 atom stereocenters. The first-order chi connectivity index (χ1) is 7.27. The van der Waals surface area contributed by atoms with Crippen LogP contribution >= 0.6 is 11.6 Å². The summed E-state index contributed by atoms with van der Waals surface area (Å²) in [5, 5.41) is -0.523. The van der Waals surface area contributed by atoms with Crippen LogP contribution in [0.4, 0.5) is 5.82 Å². The molecular formula is C10H11ClN2O2. The highest BCUT2D eigenvalue weighted by atomic mass is 35.5. The van der Waals surface area contributed by atoms with Crippen molar-refractivity contribution >= 4 is 22.7 Å². The molecule has 5 heteroatoms. The zero-order chi connectivity index (χ0) is 10.7. The van der Waals surface area contributed by atoms with Gasteiger partial charge in [0.05, 0.1) is 13.2 Å². The normalized spacial score (nSPS) is 16.5. The van der Waals surface area contributed by atoms with Gasteiger partial charge >= 0.3 is 0 Å². The number of carbonyl (C=O) groups is 1. The SMILES string of the molecule is O=C(Cl)c1cccc(N2CCOCC2)n1. The third kappa shape index (κ3) is 2.46. The van der Waals surface area contributed by atoms with E-state index in [-0.39, 0.29) is 0 Å². The van der Waals surface area contributed by atoms with E-state index in [1.807, 2.05) is 6.07 Å². The third-order valence-electron chi connectivity index (χ3n) is 2.27. The first-order valence-corrected chi connectivity index (χ1v) is 5.15. The molecule has 4 nitrogen and oxygen atoms in total. The van der Waals surface area contributed by atoms with Crippen LogP contribution in [0.3, 0.4) is 0 Å². The Morgan fingerprint density at radius 3 is 2.80 bits per heavy atom. The van der Waals surface area contributed by atoms with Gasteiger partial charge in [-0.2, -0.15) is 0 Å². The fourth-order valence-corrected chi connectivity index (χ4v) is 1.61. The Morgan fingerprint density at radius 1 is 1.40 bits per heavy atom. The van der Waals surface area contributed by atoms with Crippen LogP contribution in [0.1, 0.15) is 10.5 Å². The number of hydrogen-bond donors (Lipinski definition) is 0. The van der Waals surface area contributed by atoms with Crippen LogP contribution in [0.15, 0.2) is 18.2 Å². The zero-order valence-corrected chi connectivity index (χ0v) is 8.91. The van der Waals surface area contributed by atoms with E-state index in [0.717, 1.165) is 18.9 Å². The Morgan fingerprint density at radius 2 is 2.13 bits per heavy atom. The molecule has 0 saturated carbocycles. The minimum Gasteiger partial charge on any atom is -0.378 e. The summed E-state index contributed by atoms with van der Waals surface area (Å²) in [5.74, 6) is 0.782. The third-order valence-corrected chi connectivity index (χ3v) is 2.46. The molecule has 2 rings (SSSR count). The average Bonchev–Trinajstić information content (AvgIpc) is 2.30. The maximum Gasteiger partial charge on any atom is 0.270 e. The van der Waals surface area contributed by atoms with Crippen LogP contribution < -0.4 is 4.90 Å². The van der Waals surface area contributed by atoms with Gasteiger partial charge in [0.1, 0.15) is 11.5 Å². The number of carbonyl (C=O) groups excluding carboxylic acids is 1. The molecule has 1 aliphatic heterocycles. The second-order valence-corrected chi connectivity index (χ2v) is 3.60. The first kappa shape index (κ1) is 10.4. The van der Waals surface area contributed by atoms with Crippen molar-refractivity contribution in [2.45, 2.75) is 0 Å². The molecule has 0 aliphatic carbocycles. The average molecular weight is 227 g/mol. The molecule has 1 aliphatic rings. The summed E-state index contributed by atoms with van der Waals surface area (Å²) in [6, 6.07) is 5.27. The zero-order valence-electron chi connectivity index (χ0n) is 8.15. The lowest BCUT2D eigenvalue weighted by atomic mass is 10.3. The van der Waals surface area contributed by atoms with Crippen molar-refractivity contribution in [1.29, 1.82) is 0 Å². The van der Waals surface area contributed by atoms with E-state index in [1.54, 1.807) is 12.1 Å². The summed E-state index contributed by atoms with van der Waals surface area (Å²) in [6.45, 7) is 2.99. The molecule has 0 bridgehead atoms. The van der Waals surface area contributed by atoms with Crippen LogP contribution in [-0.4, -0.2) is 36.5 Å².